The van der Waals surface area contributed by atoms with Crippen molar-refractivity contribution in [3.63, 3.8) is 0 Å². The minimum atomic E-state index is 0.147. The number of halogens is 3. The molecule has 0 radical (unpaired) electrons. The molecule has 6 rings (SSSR count). The van der Waals surface area contributed by atoms with Crippen LogP contribution in [0.4, 0.5) is 35.2 Å². The quantitative estimate of drug-likeness (QED) is 0.115. The Morgan fingerprint density at radius 3 is 1.38 bits per heavy atom. The van der Waals surface area contributed by atoms with E-state index in [1.54, 1.807) is 32.4 Å². The van der Waals surface area contributed by atoms with E-state index < -0.39 is 0 Å². The molecule has 12 nitrogen and oxygen atoms in total. The summed E-state index contributed by atoms with van der Waals surface area (Å²) < 4.78 is 10.3. The van der Waals surface area contributed by atoms with Crippen molar-refractivity contribution in [2.24, 2.45) is 0 Å². The third-order valence-corrected chi connectivity index (χ3v) is 9.31. The van der Waals surface area contributed by atoms with E-state index in [-0.39, 0.29) is 5.28 Å². The van der Waals surface area contributed by atoms with Gasteiger partial charge in [-0.15, -0.1) is 0 Å². The van der Waals surface area contributed by atoms with E-state index in [0.717, 1.165) is 24.2 Å². The molecule has 0 atom stereocenters. The van der Waals surface area contributed by atoms with Crippen molar-refractivity contribution in [1.29, 1.82) is 0 Å². The van der Waals surface area contributed by atoms with Gasteiger partial charge >= 0.3 is 0 Å². The van der Waals surface area contributed by atoms with Gasteiger partial charge in [-0.3, -0.25) is 0 Å². The van der Waals surface area contributed by atoms with Gasteiger partial charge in [0.2, 0.25) is 29.1 Å². The Hall–Kier alpha value is -3.87. The first-order valence-electron chi connectivity index (χ1n) is 17.2. The fourth-order valence-electron chi connectivity index (χ4n) is 6.03. The fraction of sp³-hybridized carbons (Fsp3) is 0.486. The number of ether oxygens (including phenoxy) is 2. The van der Waals surface area contributed by atoms with Gasteiger partial charge < -0.3 is 30.7 Å². The lowest BCUT2D eigenvalue weighted by atomic mass is 10.1. The molecule has 2 fully saturated rings. The smallest absolute Gasteiger partial charge is 0.233 e. The van der Waals surface area contributed by atoms with Gasteiger partial charge in [-0.1, -0.05) is 74.6 Å². The van der Waals surface area contributed by atoms with Gasteiger partial charge in [0.25, 0.3) is 0 Å². The van der Waals surface area contributed by atoms with Gasteiger partial charge in [-0.2, -0.15) is 29.9 Å². The molecule has 0 bridgehead atoms. The van der Waals surface area contributed by atoms with Crippen LogP contribution in [0.3, 0.4) is 0 Å². The number of aromatic nitrogens is 6. The highest BCUT2D eigenvalue weighted by atomic mass is 35.5. The molecule has 2 aromatic carbocycles. The van der Waals surface area contributed by atoms with Gasteiger partial charge in [0.15, 0.2) is 0 Å². The maximum absolute atomic E-state index is 6.17. The fourth-order valence-corrected chi connectivity index (χ4v) is 6.71. The zero-order valence-electron chi connectivity index (χ0n) is 28.7. The summed E-state index contributed by atoms with van der Waals surface area (Å²) in [6, 6.07) is 11.6. The molecule has 2 saturated carbocycles. The average molecular weight is 744 g/mol. The van der Waals surface area contributed by atoms with E-state index in [1.165, 1.54) is 64.2 Å². The predicted molar refractivity (Wildman–Crippen MR) is 202 cm³/mol. The van der Waals surface area contributed by atoms with Crippen molar-refractivity contribution in [3.8, 4) is 11.5 Å². The summed E-state index contributed by atoms with van der Waals surface area (Å²) in [4.78, 5) is 26.0. The van der Waals surface area contributed by atoms with Crippen LogP contribution in [0.2, 0.25) is 15.3 Å². The maximum Gasteiger partial charge on any atom is 0.233 e. The van der Waals surface area contributed by atoms with Crippen molar-refractivity contribution in [2.75, 3.05) is 35.5 Å². The third kappa shape index (κ3) is 11.6. The largest absolute Gasteiger partial charge is 0.495 e. The van der Waals surface area contributed by atoms with Crippen LogP contribution < -0.4 is 30.7 Å². The summed E-state index contributed by atoms with van der Waals surface area (Å²) in [6.07, 6.45) is 14.8. The summed E-state index contributed by atoms with van der Waals surface area (Å²) in [7, 11) is 3.17. The Labute approximate surface area is 308 Å². The van der Waals surface area contributed by atoms with Crippen LogP contribution in [0.5, 0.6) is 11.5 Å². The second-order valence-electron chi connectivity index (χ2n) is 12.4. The second-order valence-corrected chi connectivity index (χ2v) is 13.5. The van der Waals surface area contributed by atoms with Crippen LogP contribution in [-0.4, -0.2) is 56.2 Å². The first kappa shape index (κ1) is 37.4. The Balaban J connectivity index is 0.000000194. The Kier molecular flexibility index (Phi) is 14.2. The van der Waals surface area contributed by atoms with E-state index in [9.17, 15) is 0 Å². The van der Waals surface area contributed by atoms with Crippen LogP contribution in [0.25, 0.3) is 0 Å². The highest BCUT2D eigenvalue weighted by Gasteiger charge is 2.16. The average Bonchev–Trinajstić information content (AvgIpc) is 3.50. The van der Waals surface area contributed by atoms with Gasteiger partial charge in [0, 0.05) is 23.5 Å². The Morgan fingerprint density at radius 1 is 0.540 bits per heavy atom. The number of aryl methyl sites for hydroxylation is 1. The number of methoxy groups -OCH3 is 2. The van der Waals surface area contributed by atoms with E-state index >= 15 is 0 Å². The normalized spacial score (nSPS) is 15.5. The SMILES string of the molecule is COc1ccc(Nc2nc(C)nc(NC3CCCCCC3)n2)cc1Cl.COc1ccc(Nc2nc(Cl)nc(NC3CCCCCC3)n2)cc1Cl. The maximum atomic E-state index is 6.17. The van der Waals surface area contributed by atoms with Crippen molar-refractivity contribution in [1.82, 2.24) is 29.9 Å². The van der Waals surface area contributed by atoms with Crippen LogP contribution in [0.1, 0.15) is 82.9 Å². The van der Waals surface area contributed by atoms with Gasteiger partial charge in [0.05, 0.1) is 24.3 Å². The summed E-state index contributed by atoms with van der Waals surface area (Å²) in [5, 5.41) is 14.3. The topological polar surface area (TPSA) is 144 Å². The molecule has 2 heterocycles. The number of rotatable bonds is 10. The molecular formula is C35H45Cl3N10O2. The summed E-state index contributed by atoms with van der Waals surface area (Å²) in [5.74, 6) is 3.91. The number of anilines is 6. The molecule has 0 saturated heterocycles. The lowest BCUT2D eigenvalue weighted by molar-refractivity contribution is 0.415. The molecule has 4 aromatic rings. The zero-order chi connectivity index (χ0) is 35.3. The summed E-state index contributed by atoms with van der Waals surface area (Å²) in [6.45, 7) is 1.87. The molecule has 0 aliphatic heterocycles. The first-order chi connectivity index (χ1) is 24.3. The van der Waals surface area contributed by atoms with Crippen molar-refractivity contribution < 1.29 is 9.47 Å². The lowest BCUT2D eigenvalue weighted by Gasteiger charge is -2.17. The molecule has 0 unspecified atom stereocenters. The molecule has 2 aliphatic rings. The lowest BCUT2D eigenvalue weighted by Crippen LogP contribution is -2.20. The minimum absolute atomic E-state index is 0.147. The van der Waals surface area contributed by atoms with E-state index in [1.807, 2.05) is 25.1 Å². The van der Waals surface area contributed by atoms with Gasteiger partial charge in [-0.05, 0) is 80.6 Å². The molecule has 15 heteroatoms. The van der Waals surface area contributed by atoms with Crippen LogP contribution >= 0.6 is 34.8 Å². The summed E-state index contributed by atoms with van der Waals surface area (Å²) in [5.41, 5.74) is 1.55. The minimum Gasteiger partial charge on any atom is -0.495 e. The first-order valence-corrected chi connectivity index (χ1v) is 18.3. The highest BCUT2D eigenvalue weighted by molar-refractivity contribution is 6.32. The molecule has 50 heavy (non-hydrogen) atoms. The molecule has 0 amide bonds. The standard InChI is InChI=1S/C18H24ClN5O.C17H21Cl2N5O/c1-12-20-17(22-13-7-5-3-4-6-8-13)24-18(21-12)23-14-9-10-16(25-2)15(19)11-14;1-25-14-9-8-12(10-13(14)18)21-17-23-15(19)22-16(24-17)20-11-6-4-2-3-5-7-11/h9-11,13H,3-8H2,1-2H3,(H2,20,21,22,23,24);8-11H,2-7H2,1H3,(H2,20,21,22,23,24). The third-order valence-electron chi connectivity index (χ3n) is 8.55. The van der Waals surface area contributed by atoms with E-state index in [4.69, 9.17) is 44.3 Å². The highest BCUT2D eigenvalue weighted by Crippen LogP contribution is 2.30. The van der Waals surface area contributed by atoms with Gasteiger partial charge in [-0.25, -0.2) is 0 Å². The Morgan fingerprint density at radius 2 is 0.940 bits per heavy atom. The number of hydrogen-bond donors (Lipinski definition) is 4. The van der Waals surface area contributed by atoms with Crippen LogP contribution in [0.15, 0.2) is 36.4 Å². The van der Waals surface area contributed by atoms with Crippen LogP contribution in [0, 0.1) is 6.92 Å². The number of nitrogens with one attached hydrogen (secondary N) is 4. The Bertz CT molecular complexity index is 1560. The molecule has 4 N–H and O–H groups in total. The van der Waals surface area contributed by atoms with E-state index in [0.29, 0.717) is 63.2 Å². The predicted octanol–water partition coefficient (Wildman–Crippen LogP) is 9.79. The molecule has 268 valence electrons. The molecule has 2 aliphatic carbocycles. The number of nitrogens with zero attached hydrogens (tertiary/aromatic N) is 6. The number of benzene rings is 2. The molecular weight excluding hydrogens is 699 g/mol. The van der Waals surface area contributed by atoms with Crippen molar-refractivity contribution in [3.05, 3.63) is 57.6 Å². The molecule has 2 aromatic heterocycles. The van der Waals surface area contributed by atoms with Gasteiger partial charge in [0.1, 0.15) is 17.3 Å². The monoisotopic (exact) mass is 742 g/mol. The van der Waals surface area contributed by atoms with E-state index in [2.05, 4.69) is 51.2 Å². The van der Waals surface area contributed by atoms with Crippen molar-refractivity contribution >= 4 is 70.0 Å². The van der Waals surface area contributed by atoms with Crippen molar-refractivity contribution in [2.45, 2.75) is 96.1 Å². The zero-order valence-corrected chi connectivity index (χ0v) is 31.0. The second kappa shape index (κ2) is 18.9. The summed E-state index contributed by atoms with van der Waals surface area (Å²) >= 11 is 18.4. The van der Waals surface area contributed by atoms with Crippen LogP contribution in [-0.2, 0) is 0 Å². The number of hydrogen-bond acceptors (Lipinski definition) is 12. The molecule has 0 spiro atoms.